The normalized spacial score (nSPS) is 22.3. The van der Waals surface area contributed by atoms with Gasteiger partial charge in [-0.15, -0.1) is 0 Å². The van der Waals surface area contributed by atoms with E-state index in [1.807, 2.05) is 30.7 Å². The third kappa shape index (κ3) is 3.72. The zero-order valence-corrected chi connectivity index (χ0v) is 17.8. The average Bonchev–Trinajstić information content (AvgIpc) is 3.39. The van der Waals surface area contributed by atoms with Crippen molar-refractivity contribution in [2.45, 2.75) is 56.8 Å². The molecule has 1 N–H and O–H groups in total. The molecule has 2 fully saturated rings. The summed E-state index contributed by atoms with van der Waals surface area (Å²) in [4.78, 5) is 11.4. The van der Waals surface area contributed by atoms with E-state index in [2.05, 4.69) is 61.3 Å². The van der Waals surface area contributed by atoms with Gasteiger partial charge in [0.1, 0.15) is 0 Å². The van der Waals surface area contributed by atoms with E-state index in [-0.39, 0.29) is 12.1 Å². The van der Waals surface area contributed by atoms with Crippen molar-refractivity contribution in [2.24, 2.45) is 0 Å². The summed E-state index contributed by atoms with van der Waals surface area (Å²) >= 11 is 5.89. The zero-order valence-electron chi connectivity index (χ0n) is 17.0. The Balaban J connectivity index is 1.54. The Bertz CT molecular complexity index is 981. The number of hydrogen-bond donors (Lipinski definition) is 1. The van der Waals surface area contributed by atoms with Crippen molar-refractivity contribution >= 4 is 17.3 Å². The third-order valence-electron chi connectivity index (χ3n) is 6.35. The molecule has 6 heteroatoms. The van der Waals surface area contributed by atoms with Gasteiger partial charge in [-0.2, -0.15) is 0 Å². The summed E-state index contributed by atoms with van der Waals surface area (Å²) in [5.74, 6) is 0. The molecule has 2 atom stereocenters. The van der Waals surface area contributed by atoms with Crippen LogP contribution in [-0.2, 0) is 6.54 Å². The third-order valence-corrected chi connectivity index (χ3v) is 6.68. The molecule has 154 valence electrons. The van der Waals surface area contributed by atoms with Gasteiger partial charge in [0.2, 0.25) is 0 Å². The Hall–Kier alpha value is -2.73. The molecule has 4 heterocycles. The fourth-order valence-electron chi connectivity index (χ4n) is 4.96. The number of thiocarbonyl (C=S) groups is 1. The van der Waals surface area contributed by atoms with Gasteiger partial charge in [-0.05, 0) is 61.0 Å². The van der Waals surface area contributed by atoms with Gasteiger partial charge >= 0.3 is 0 Å². The highest BCUT2D eigenvalue weighted by molar-refractivity contribution is 7.80. The second-order valence-electron chi connectivity index (χ2n) is 8.25. The molecule has 0 spiro atoms. The molecular weight excluding hydrogens is 390 g/mol. The number of pyridine rings is 2. The number of nitrogens with one attached hydrogen (secondary N) is 1. The van der Waals surface area contributed by atoms with Crippen molar-refractivity contribution in [3.8, 4) is 0 Å². The first kappa shape index (κ1) is 19.2. The smallest absolute Gasteiger partial charge is 0.170 e. The highest BCUT2D eigenvalue weighted by atomic mass is 32.1. The second-order valence-corrected chi connectivity index (χ2v) is 8.63. The predicted molar refractivity (Wildman–Crippen MR) is 122 cm³/mol. The maximum absolute atomic E-state index is 5.89. The van der Waals surface area contributed by atoms with Gasteiger partial charge < -0.3 is 14.8 Å². The summed E-state index contributed by atoms with van der Waals surface area (Å²) in [7, 11) is 0. The molecule has 30 heavy (non-hydrogen) atoms. The second kappa shape index (κ2) is 8.56. The summed E-state index contributed by atoms with van der Waals surface area (Å²) in [6.07, 6.45) is 14.1. The largest absolute Gasteiger partial charge is 0.352 e. The molecule has 0 aromatic carbocycles. The van der Waals surface area contributed by atoms with Gasteiger partial charge in [0.05, 0.1) is 17.8 Å². The SMILES string of the molecule is S=C1NC(c2ccccn2)C(c2cccn2Cc2cccnc2)N1C1CCCCC1. The van der Waals surface area contributed by atoms with Crippen LogP contribution in [0.5, 0.6) is 0 Å². The van der Waals surface area contributed by atoms with E-state index in [1.54, 1.807) is 0 Å². The first-order valence-electron chi connectivity index (χ1n) is 10.8. The zero-order chi connectivity index (χ0) is 20.3. The molecular formula is C24H27N5S. The summed E-state index contributed by atoms with van der Waals surface area (Å²) in [6.45, 7) is 0.798. The molecule has 1 aliphatic heterocycles. The van der Waals surface area contributed by atoms with Gasteiger partial charge in [-0.3, -0.25) is 9.97 Å². The molecule has 5 nitrogen and oxygen atoms in total. The Morgan fingerprint density at radius 3 is 2.67 bits per heavy atom. The van der Waals surface area contributed by atoms with E-state index in [0.717, 1.165) is 17.4 Å². The van der Waals surface area contributed by atoms with Gasteiger partial charge in [0, 0.05) is 43.1 Å². The van der Waals surface area contributed by atoms with Gasteiger partial charge in [0.15, 0.2) is 5.11 Å². The minimum Gasteiger partial charge on any atom is -0.352 e. The first-order chi connectivity index (χ1) is 14.8. The van der Waals surface area contributed by atoms with E-state index >= 15 is 0 Å². The number of aromatic nitrogens is 3. The van der Waals surface area contributed by atoms with Crippen molar-refractivity contribution in [2.75, 3.05) is 0 Å². The minimum atomic E-state index is 0.0446. The van der Waals surface area contributed by atoms with E-state index in [1.165, 1.54) is 43.4 Å². The van der Waals surface area contributed by atoms with Crippen LogP contribution in [0, 0.1) is 0 Å². The number of rotatable bonds is 5. The highest BCUT2D eigenvalue weighted by Crippen LogP contribution is 2.42. The van der Waals surface area contributed by atoms with Crippen LogP contribution in [0.15, 0.2) is 67.3 Å². The van der Waals surface area contributed by atoms with Crippen LogP contribution in [0.4, 0.5) is 0 Å². The number of nitrogens with zero attached hydrogens (tertiary/aromatic N) is 4. The lowest BCUT2D eigenvalue weighted by Crippen LogP contribution is -2.40. The molecule has 5 rings (SSSR count). The Morgan fingerprint density at radius 2 is 1.90 bits per heavy atom. The Labute approximate surface area is 183 Å². The fraction of sp³-hybridized carbons (Fsp3) is 0.375. The van der Waals surface area contributed by atoms with Crippen LogP contribution < -0.4 is 5.32 Å². The molecule has 0 radical (unpaired) electrons. The van der Waals surface area contributed by atoms with E-state index in [4.69, 9.17) is 12.2 Å². The standard InChI is InChI=1S/C24H27N5S/c30-24-27-22(20-11-4-5-14-26-20)23(29(24)19-9-2-1-3-10-19)21-12-7-15-28(21)17-18-8-6-13-25-16-18/h4-8,11-16,19,22-23H,1-3,9-10,17H2,(H,27,30). The quantitative estimate of drug-likeness (QED) is 0.613. The fourth-order valence-corrected chi connectivity index (χ4v) is 5.35. The molecule has 1 aliphatic carbocycles. The Kier molecular flexibility index (Phi) is 5.49. The van der Waals surface area contributed by atoms with Crippen LogP contribution in [0.3, 0.4) is 0 Å². The molecule has 0 amide bonds. The van der Waals surface area contributed by atoms with Crippen molar-refractivity contribution in [1.82, 2.24) is 24.8 Å². The van der Waals surface area contributed by atoms with E-state index in [9.17, 15) is 0 Å². The summed E-state index contributed by atoms with van der Waals surface area (Å²) in [5.41, 5.74) is 3.51. The van der Waals surface area contributed by atoms with Crippen molar-refractivity contribution in [1.29, 1.82) is 0 Å². The summed E-state index contributed by atoms with van der Waals surface area (Å²) < 4.78 is 2.34. The molecule has 1 saturated heterocycles. The average molecular weight is 418 g/mol. The Morgan fingerprint density at radius 1 is 1.00 bits per heavy atom. The van der Waals surface area contributed by atoms with Gasteiger partial charge in [-0.1, -0.05) is 31.4 Å². The number of hydrogen-bond acceptors (Lipinski definition) is 3. The molecule has 3 aromatic rings. The minimum absolute atomic E-state index is 0.0446. The molecule has 3 aromatic heterocycles. The molecule has 0 bridgehead atoms. The van der Waals surface area contributed by atoms with Crippen LogP contribution in [-0.4, -0.2) is 30.6 Å². The van der Waals surface area contributed by atoms with Crippen LogP contribution in [0.1, 0.15) is 61.1 Å². The van der Waals surface area contributed by atoms with Crippen molar-refractivity contribution < 1.29 is 0 Å². The predicted octanol–water partition coefficient (Wildman–Crippen LogP) is 4.63. The highest BCUT2D eigenvalue weighted by Gasteiger charge is 2.44. The van der Waals surface area contributed by atoms with E-state index < -0.39 is 0 Å². The van der Waals surface area contributed by atoms with Crippen molar-refractivity contribution in [3.63, 3.8) is 0 Å². The van der Waals surface area contributed by atoms with Crippen LogP contribution >= 0.6 is 12.2 Å². The topological polar surface area (TPSA) is 46.0 Å². The maximum atomic E-state index is 5.89. The van der Waals surface area contributed by atoms with Gasteiger partial charge in [-0.25, -0.2) is 0 Å². The van der Waals surface area contributed by atoms with Crippen LogP contribution in [0.2, 0.25) is 0 Å². The first-order valence-corrected chi connectivity index (χ1v) is 11.3. The monoisotopic (exact) mass is 417 g/mol. The van der Waals surface area contributed by atoms with E-state index in [0.29, 0.717) is 6.04 Å². The summed E-state index contributed by atoms with van der Waals surface area (Å²) in [5, 5.41) is 4.47. The molecule has 2 unspecified atom stereocenters. The van der Waals surface area contributed by atoms with Gasteiger partial charge in [0.25, 0.3) is 0 Å². The molecule has 2 aliphatic rings. The van der Waals surface area contributed by atoms with Crippen molar-refractivity contribution in [3.05, 3.63) is 84.2 Å². The maximum Gasteiger partial charge on any atom is 0.170 e. The molecule has 1 saturated carbocycles. The summed E-state index contributed by atoms with van der Waals surface area (Å²) in [6, 6.07) is 15.3. The lowest BCUT2D eigenvalue weighted by Gasteiger charge is -2.37. The lowest BCUT2D eigenvalue weighted by molar-refractivity contribution is 0.191. The lowest BCUT2D eigenvalue weighted by atomic mass is 9.92. The van der Waals surface area contributed by atoms with Crippen LogP contribution in [0.25, 0.3) is 0 Å².